The molecule has 2 rings (SSSR count). The van der Waals surface area contributed by atoms with E-state index in [4.69, 9.17) is 5.26 Å². The maximum Gasteiger partial charge on any atom is 0.262 e. The first-order valence-corrected chi connectivity index (χ1v) is 7.96. The van der Waals surface area contributed by atoms with E-state index < -0.39 is 10.0 Å². The lowest BCUT2D eigenvalue weighted by Crippen LogP contribution is -2.14. The molecule has 0 fully saturated rings. The smallest absolute Gasteiger partial charge is 0.262 e. The minimum atomic E-state index is -3.61. The summed E-state index contributed by atoms with van der Waals surface area (Å²) in [6.45, 7) is 3.62. The highest BCUT2D eigenvalue weighted by Crippen LogP contribution is 2.21. The largest absolute Gasteiger partial charge is 0.280 e. The number of rotatable bonds is 4. The predicted molar refractivity (Wildman–Crippen MR) is 82.5 cm³/mol. The molecule has 0 saturated carbocycles. The molecule has 4 nitrogen and oxygen atoms in total. The summed E-state index contributed by atoms with van der Waals surface area (Å²) in [6, 6.07) is 14.2. The first-order valence-electron chi connectivity index (χ1n) is 6.48. The van der Waals surface area contributed by atoms with Gasteiger partial charge in [-0.25, -0.2) is 8.42 Å². The standard InChI is InChI=1S/C16H16N2O2S/c1-12-3-4-13(2)16(11-12)21(19,20)18-15-7-5-14(6-8-15)9-10-17/h3-8,11,18H,9H2,1-2H3. The monoisotopic (exact) mass is 300 g/mol. The number of benzene rings is 2. The normalized spacial score (nSPS) is 10.9. The molecule has 5 heteroatoms. The van der Waals surface area contributed by atoms with Gasteiger partial charge in [-0.3, -0.25) is 4.72 Å². The summed E-state index contributed by atoms with van der Waals surface area (Å²) in [4.78, 5) is 0.281. The average molecular weight is 300 g/mol. The summed E-state index contributed by atoms with van der Waals surface area (Å²) in [6.07, 6.45) is 0.310. The van der Waals surface area contributed by atoms with Crippen molar-refractivity contribution in [3.63, 3.8) is 0 Å². The van der Waals surface area contributed by atoms with Crippen LogP contribution in [0.4, 0.5) is 5.69 Å². The average Bonchev–Trinajstić information content (AvgIpc) is 2.43. The number of hydrogen-bond acceptors (Lipinski definition) is 3. The van der Waals surface area contributed by atoms with E-state index in [1.165, 1.54) is 0 Å². The molecule has 0 atom stereocenters. The fourth-order valence-electron chi connectivity index (χ4n) is 1.99. The second-order valence-electron chi connectivity index (χ2n) is 4.91. The molecule has 0 aliphatic rings. The van der Waals surface area contributed by atoms with Gasteiger partial charge in [-0.05, 0) is 48.7 Å². The first kappa shape index (κ1) is 15.1. The Kier molecular flexibility index (Phi) is 4.29. The maximum atomic E-state index is 12.4. The Hall–Kier alpha value is -2.32. The number of nitrogens with zero attached hydrogens (tertiary/aromatic N) is 1. The minimum absolute atomic E-state index is 0.281. The van der Waals surface area contributed by atoms with E-state index >= 15 is 0 Å². The Morgan fingerprint density at radius 3 is 2.38 bits per heavy atom. The fourth-order valence-corrected chi connectivity index (χ4v) is 3.38. The number of anilines is 1. The van der Waals surface area contributed by atoms with Gasteiger partial charge in [-0.2, -0.15) is 5.26 Å². The summed E-state index contributed by atoms with van der Waals surface area (Å²) in [5.74, 6) is 0. The van der Waals surface area contributed by atoms with Crippen LogP contribution in [0.1, 0.15) is 16.7 Å². The molecule has 0 aliphatic carbocycles. The van der Waals surface area contributed by atoms with Crippen LogP contribution in [-0.2, 0) is 16.4 Å². The molecular formula is C16H16N2O2S. The van der Waals surface area contributed by atoms with Crippen molar-refractivity contribution < 1.29 is 8.42 Å². The van der Waals surface area contributed by atoms with Crippen molar-refractivity contribution in [1.82, 2.24) is 0 Å². The molecule has 0 aliphatic heterocycles. The molecule has 0 amide bonds. The zero-order chi connectivity index (χ0) is 15.5. The molecule has 0 aromatic heterocycles. The molecule has 1 N–H and O–H groups in total. The number of nitriles is 1. The number of hydrogen-bond donors (Lipinski definition) is 1. The number of nitrogens with one attached hydrogen (secondary N) is 1. The lowest BCUT2D eigenvalue weighted by atomic mass is 10.1. The van der Waals surface area contributed by atoms with Crippen molar-refractivity contribution in [3.05, 3.63) is 59.2 Å². The van der Waals surface area contributed by atoms with E-state index in [0.717, 1.165) is 11.1 Å². The van der Waals surface area contributed by atoms with Crippen molar-refractivity contribution >= 4 is 15.7 Å². The van der Waals surface area contributed by atoms with Gasteiger partial charge in [0, 0.05) is 5.69 Å². The molecule has 0 spiro atoms. The molecule has 0 radical (unpaired) electrons. The molecule has 0 bridgehead atoms. The zero-order valence-corrected chi connectivity index (χ0v) is 12.7. The fraction of sp³-hybridized carbons (Fsp3) is 0.188. The molecular weight excluding hydrogens is 284 g/mol. The maximum absolute atomic E-state index is 12.4. The summed E-state index contributed by atoms with van der Waals surface area (Å²) in [7, 11) is -3.61. The van der Waals surface area contributed by atoms with E-state index in [9.17, 15) is 8.42 Å². The Labute approximate surface area is 125 Å². The van der Waals surface area contributed by atoms with Gasteiger partial charge >= 0.3 is 0 Å². The molecule has 21 heavy (non-hydrogen) atoms. The first-order chi connectivity index (χ1) is 9.92. The third kappa shape index (κ3) is 3.61. The summed E-state index contributed by atoms with van der Waals surface area (Å²) in [5, 5.41) is 8.62. The molecule has 2 aromatic rings. The molecule has 2 aromatic carbocycles. The summed E-state index contributed by atoms with van der Waals surface area (Å²) >= 11 is 0. The Bertz CT molecular complexity index is 788. The van der Waals surface area contributed by atoms with Crippen LogP contribution in [0.25, 0.3) is 0 Å². The van der Waals surface area contributed by atoms with Gasteiger partial charge < -0.3 is 0 Å². The Morgan fingerprint density at radius 2 is 1.76 bits per heavy atom. The van der Waals surface area contributed by atoms with Crippen molar-refractivity contribution in [2.75, 3.05) is 4.72 Å². The van der Waals surface area contributed by atoms with E-state index in [2.05, 4.69) is 10.8 Å². The van der Waals surface area contributed by atoms with E-state index in [1.807, 2.05) is 13.0 Å². The summed E-state index contributed by atoms with van der Waals surface area (Å²) < 4.78 is 27.4. The van der Waals surface area contributed by atoms with Crippen molar-refractivity contribution in [3.8, 4) is 6.07 Å². The van der Waals surface area contributed by atoms with Gasteiger partial charge in [0.25, 0.3) is 10.0 Å². The third-order valence-corrected chi connectivity index (χ3v) is 4.65. The van der Waals surface area contributed by atoms with Crippen molar-refractivity contribution in [2.24, 2.45) is 0 Å². The summed E-state index contributed by atoms with van der Waals surface area (Å²) in [5.41, 5.74) is 2.93. The predicted octanol–water partition coefficient (Wildman–Crippen LogP) is 3.17. The van der Waals surface area contributed by atoms with Crippen LogP contribution in [-0.4, -0.2) is 8.42 Å². The minimum Gasteiger partial charge on any atom is -0.280 e. The second-order valence-corrected chi connectivity index (χ2v) is 6.56. The highest BCUT2D eigenvalue weighted by molar-refractivity contribution is 7.92. The SMILES string of the molecule is Cc1ccc(C)c(S(=O)(=O)Nc2ccc(CC#N)cc2)c1. The van der Waals surface area contributed by atoms with Crippen LogP contribution in [0.2, 0.25) is 0 Å². The lowest BCUT2D eigenvalue weighted by molar-refractivity contribution is 0.600. The quantitative estimate of drug-likeness (QED) is 0.942. The zero-order valence-electron chi connectivity index (χ0n) is 11.9. The Balaban J connectivity index is 2.29. The number of sulfonamides is 1. The lowest BCUT2D eigenvalue weighted by Gasteiger charge is -2.11. The van der Waals surface area contributed by atoms with E-state index in [0.29, 0.717) is 17.7 Å². The van der Waals surface area contributed by atoms with Crippen LogP contribution >= 0.6 is 0 Å². The topological polar surface area (TPSA) is 70.0 Å². The van der Waals surface area contributed by atoms with Crippen molar-refractivity contribution in [1.29, 1.82) is 5.26 Å². The van der Waals surface area contributed by atoms with Gasteiger partial charge in [0.15, 0.2) is 0 Å². The van der Waals surface area contributed by atoms with Gasteiger partial charge in [-0.15, -0.1) is 0 Å². The van der Waals surface area contributed by atoms with Crippen LogP contribution in [0.15, 0.2) is 47.4 Å². The Morgan fingerprint density at radius 1 is 1.10 bits per heavy atom. The van der Waals surface area contributed by atoms with Gasteiger partial charge in [0.1, 0.15) is 0 Å². The number of aryl methyl sites for hydroxylation is 2. The van der Waals surface area contributed by atoms with Crippen LogP contribution in [0.5, 0.6) is 0 Å². The van der Waals surface area contributed by atoms with E-state index in [1.54, 1.807) is 43.3 Å². The third-order valence-electron chi connectivity index (χ3n) is 3.12. The highest BCUT2D eigenvalue weighted by atomic mass is 32.2. The molecule has 108 valence electrons. The molecule has 0 heterocycles. The van der Waals surface area contributed by atoms with Crippen molar-refractivity contribution in [2.45, 2.75) is 25.2 Å². The van der Waals surface area contributed by atoms with Crippen LogP contribution in [0.3, 0.4) is 0 Å². The highest BCUT2D eigenvalue weighted by Gasteiger charge is 2.16. The van der Waals surface area contributed by atoms with Gasteiger partial charge in [0.05, 0.1) is 17.4 Å². The molecule has 0 saturated heterocycles. The molecule has 0 unspecified atom stereocenters. The van der Waals surface area contributed by atoms with E-state index in [-0.39, 0.29) is 4.90 Å². The van der Waals surface area contributed by atoms with Crippen LogP contribution in [0, 0.1) is 25.2 Å². The second kappa shape index (κ2) is 5.98. The van der Waals surface area contributed by atoms with Crippen LogP contribution < -0.4 is 4.72 Å². The van der Waals surface area contributed by atoms with Gasteiger partial charge in [0.2, 0.25) is 0 Å². The van der Waals surface area contributed by atoms with Gasteiger partial charge in [-0.1, -0.05) is 24.3 Å².